The van der Waals surface area contributed by atoms with Gasteiger partial charge in [-0.2, -0.15) is 0 Å². The number of benzene rings is 1. The minimum absolute atomic E-state index is 0.151. The van der Waals surface area contributed by atoms with Crippen molar-refractivity contribution in [2.45, 2.75) is 37.1 Å². The second-order valence-corrected chi connectivity index (χ2v) is 5.25. The molecule has 0 bridgehead atoms. The summed E-state index contributed by atoms with van der Waals surface area (Å²) in [4.78, 5) is 14.2. The predicted octanol–water partition coefficient (Wildman–Crippen LogP) is 3.60. The van der Waals surface area contributed by atoms with E-state index in [1.165, 1.54) is 18.4 Å². The first-order valence-corrected chi connectivity index (χ1v) is 7.26. The number of amides is 1. The van der Waals surface area contributed by atoms with Crippen molar-refractivity contribution in [2.24, 2.45) is 0 Å². The number of carbonyl (C=O) groups is 1. The fraction of sp³-hybridized carbons (Fsp3) is 0.500. The Morgan fingerprint density at radius 1 is 1.29 bits per heavy atom. The van der Waals surface area contributed by atoms with Crippen molar-refractivity contribution in [3.8, 4) is 0 Å². The molecule has 92 valence electrons. The fourth-order valence-corrected chi connectivity index (χ4v) is 2.77. The molecule has 0 heterocycles. The summed E-state index contributed by atoms with van der Waals surface area (Å²) in [6, 6.07) is 8.29. The molecule has 1 amide bonds. The second-order valence-electron chi connectivity index (χ2n) is 4.68. The lowest BCUT2D eigenvalue weighted by Gasteiger charge is -2.24. The van der Waals surface area contributed by atoms with Gasteiger partial charge in [-0.05, 0) is 30.5 Å². The van der Waals surface area contributed by atoms with Crippen LogP contribution in [0, 0.1) is 0 Å². The largest absolute Gasteiger partial charge is 0.339 e. The van der Waals surface area contributed by atoms with E-state index in [-0.39, 0.29) is 5.91 Å². The fourth-order valence-electron chi connectivity index (χ4n) is 2.40. The van der Waals surface area contributed by atoms with E-state index in [9.17, 15) is 4.79 Å². The summed E-state index contributed by atoms with van der Waals surface area (Å²) in [5.74, 6) is 0.151. The summed E-state index contributed by atoms with van der Waals surface area (Å²) in [5, 5.41) is 0.833. The number of rotatable bonds is 3. The Hall–Kier alpha value is -0.830. The van der Waals surface area contributed by atoms with Crippen LogP contribution >= 0.6 is 15.9 Å². The first-order chi connectivity index (χ1) is 8.22. The lowest BCUT2D eigenvalue weighted by atomic mass is 10.1. The SMILES string of the molecule is CN(C(=O)c1ccc(CBr)cc1)C1CCCC1. The Balaban J connectivity index is 2.07. The highest BCUT2D eigenvalue weighted by molar-refractivity contribution is 9.08. The van der Waals surface area contributed by atoms with Crippen LogP contribution in [-0.2, 0) is 5.33 Å². The van der Waals surface area contributed by atoms with Gasteiger partial charge >= 0.3 is 0 Å². The zero-order valence-electron chi connectivity index (χ0n) is 10.2. The van der Waals surface area contributed by atoms with E-state index in [0.29, 0.717) is 6.04 Å². The van der Waals surface area contributed by atoms with Gasteiger partial charge in [0, 0.05) is 24.0 Å². The highest BCUT2D eigenvalue weighted by Crippen LogP contribution is 2.23. The van der Waals surface area contributed by atoms with Crippen LogP contribution in [0.15, 0.2) is 24.3 Å². The lowest BCUT2D eigenvalue weighted by molar-refractivity contribution is 0.0735. The van der Waals surface area contributed by atoms with E-state index in [0.717, 1.165) is 23.7 Å². The third kappa shape index (κ3) is 2.89. The monoisotopic (exact) mass is 295 g/mol. The molecule has 2 rings (SSSR count). The molecular weight excluding hydrogens is 278 g/mol. The van der Waals surface area contributed by atoms with Gasteiger partial charge in [0.25, 0.3) is 5.91 Å². The average Bonchev–Trinajstić information content (AvgIpc) is 2.91. The van der Waals surface area contributed by atoms with Gasteiger partial charge < -0.3 is 4.90 Å². The van der Waals surface area contributed by atoms with Gasteiger partial charge in [-0.25, -0.2) is 0 Å². The molecule has 17 heavy (non-hydrogen) atoms. The second kappa shape index (κ2) is 5.67. The van der Waals surface area contributed by atoms with E-state index in [2.05, 4.69) is 15.9 Å². The van der Waals surface area contributed by atoms with Crippen LogP contribution in [0.1, 0.15) is 41.6 Å². The molecule has 1 aliphatic carbocycles. The van der Waals surface area contributed by atoms with Crippen LogP contribution in [0.5, 0.6) is 0 Å². The number of hydrogen-bond acceptors (Lipinski definition) is 1. The molecule has 3 heteroatoms. The molecule has 1 fully saturated rings. The van der Waals surface area contributed by atoms with Gasteiger partial charge in [-0.3, -0.25) is 4.79 Å². The van der Waals surface area contributed by atoms with Crippen molar-refractivity contribution in [3.63, 3.8) is 0 Å². The van der Waals surface area contributed by atoms with Crippen molar-refractivity contribution in [1.82, 2.24) is 4.90 Å². The molecule has 0 aromatic heterocycles. The summed E-state index contributed by atoms with van der Waals surface area (Å²) >= 11 is 3.41. The van der Waals surface area contributed by atoms with Gasteiger partial charge in [-0.15, -0.1) is 0 Å². The van der Waals surface area contributed by atoms with Crippen LogP contribution in [-0.4, -0.2) is 23.9 Å². The molecule has 1 saturated carbocycles. The first-order valence-electron chi connectivity index (χ1n) is 6.14. The Bertz CT molecular complexity index is 382. The number of halogens is 1. The maximum atomic E-state index is 12.2. The maximum absolute atomic E-state index is 12.2. The van der Waals surface area contributed by atoms with E-state index >= 15 is 0 Å². The van der Waals surface area contributed by atoms with Gasteiger partial charge in [0.2, 0.25) is 0 Å². The smallest absolute Gasteiger partial charge is 0.253 e. The maximum Gasteiger partial charge on any atom is 0.253 e. The van der Waals surface area contributed by atoms with Crippen LogP contribution in [0.2, 0.25) is 0 Å². The number of carbonyl (C=O) groups excluding carboxylic acids is 1. The van der Waals surface area contributed by atoms with Gasteiger partial charge in [0.05, 0.1) is 0 Å². The normalized spacial score (nSPS) is 16.1. The third-order valence-corrected chi connectivity index (χ3v) is 4.20. The van der Waals surface area contributed by atoms with Crippen LogP contribution in [0.25, 0.3) is 0 Å². The highest BCUT2D eigenvalue weighted by atomic mass is 79.9. The minimum Gasteiger partial charge on any atom is -0.339 e. The standard InChI is InChI=1S/C14H18BrNO/c1-16(13-4-2-3-5-13)14(17)12-8-6-11(10-15)7-9-12/h6-9,13H,2-5,10H2,1H3. The topological polar surface area (TPSA) is 20.3 Å². The Kier molecular flexibility index (Phi) is 4.21. The van der Waals surface area contributed by atoms with E-state index < -0.39 is 0 Å². The number of nitrogens with zero attached hydrogens (tertiary/aromatic N) is 1. The molecule has 0 aliphatic heterocycles. The van der Waals surface area contributed by atoms with Crippen molar-refractivity contribution in [1.29, 1.82) is 0 Å². The van der Waals surface area contributed by atoms with Crippen molar-refractivity contribution < 1.29 is 4.79 Å². The van der Waals surface area contributed by atoms with Crippen LogP contribution in [0.4, 0.5) is 0 Å². The molecule has 0 saturated heterocycles. The van der Waals surface area contributed by atoms with Gasteiger partial charge in [-0.1, -0.05) is 40.9 Å². The van der Waals surface area contributed by atoms with E-state index in [4.69, 9.17) is 0 Å². The zero-order chi connectivity index (χ0) is 12.3. The molecule has 0 radical (unpaired) electrons. The molecule has 2 nitrogen and oxygen atoms in total. The Morgan fingerprint density at radius 2 is 1.88 bits per heavy atom. The zero-order valence-corrected chi connectivity index (χ0v) is 11.7. The Labute approximate surface area is 111 Å². The van der Waals surface area contributed by atoms with Gasteiger partial charge in [0.1, 0.15) is 0 Å². The molecule has 1 aromatic rings. The summed E-state index contributed by atoms with van der Waals surface area (Å²) in [6.45, 7) is 0. The number of alkyl halides is 1. The summed E-state index contributed by atoms with van der Waals surface area (Å²) in [6.07, 6.45) is 4.82. The molecule has 0 atom stereocenters. The van der Waals surface area contributed by atoms with Crippen molar-refractivity contribution in [2.75, 3.05) is 7.05 Å². The molecule has 0 N–H and O–H groups in total. The summed E-state index contributed by atoms with van der Waals surface area (Å²) in [5.41, 5.74) is 1.99. The van der Waals surface area contributed by atoms with Crippen molar-refractivity contribution >= 4 is 21.8 Å². The lowest BCUT2D eigenvalue weighted by Crippen LogP contribution is -2.35. The molecule has 1 aliphatic rings. The number of hydrogen-bond donors (Lipinski definition) is 0. The van der Waals surface area contributed by atoms with Crippen LogP contribution in [0.3, 0.4) is 0 Å². The minimum atomic E-state index is 0.151. The van der Waals surface area contributed by atoms with Crippen LogP contribution < -0.4 is 0 Å². The highest BCUT2D eigenvalue weighted by Gasteiger charge is 2.23. The average molecular weight is 296 g/mol. The molecule has 0 unspecified atom stereocenters. The molecule has 1 aromatic carbocycles. The van der Waals surface area contributed by atoms with E-state index in [1.54, 1.807) is 0 Å². The Morgan fingerprint density at radius 3 is 2.41 bits per heavy atom. The van der Waals surface area contributed by atoms with Gasteiger partial charge in [0.15, 0.2) is 0 Å². The predicted molar refractivity (Wildman–Crippen MR) is 73.4 cm³/mol. The summed E-state index contributed by atoms with van der Waals surface area (Å²) in [7, 11) is 1.93. The quantitative estimate of drug-likeness (QED) is 0.780. The first kappa shape index (κ1) is 12.6. The molecule has 0 spiro atoms. The summed E-state index contributed by atoms with van der Waals surface area (Å²) < 4.78 is 0. The van der Waals surface area contributed by atoms with E-state index in [1.807, 2.05) is 36.2 Å². The van der Waals surface area contributed by atoms with Crippen molar-refractivity contribution in [3.05, 3.63) is 35.4 Å². The molecular formula is C14H18BrNO. The third-order valence-electron chi connectivity index (χ3n) is 3.55.